The number of hydrogen-bond donors (Lipinski definition) is 1. The van der Waals surface area contributed by atoms with Crippen molar-refractivity contribution in [3.63, 3.8) is 0 Å². The zero-order valence-electron chi connectivity index (χ0n) is 12.3. The van der Waals surface area contributed by atoms with E-state index in [2.05, 4.69) is 26.1 Å². The van der Waals surface area contributed by atoms with Gasteiger partial charge in [-0.05, 0) is 38.0 Å². The largest absolute Gasteiger partial charge is 0.311 e. The SMILES string of the molecule is CCCCC(CCC)NC1CCCC(C)CC1. The molecule has 0 aliphatic heterocycles. The maximum Gasteiger partial charge on any atom is 0.00697 e. The summed E-state index contributed by atoms with van der Waals surface area (Å²) in [6.45, 7) is 7.04. The third-order valence-corrected chi connectivity index (χ3v) is 4.27. The summed E-state index contributed by atoms with van der Waals surface area (Å²) in [4.78, 5) is 0. The van der Waals surface area contributed by atoms with Gasteiger partial charge in [0.1, 0.15) is 0 Å². The van der Waals surface area contributed by atoms with Crippen LogP contribution in [-0.4, -0.2) is 12.1 Å². The van der Waals surface area contributed by atoms with Crippen LogP contribution in [0.15, 0.2) is 0 Å². The van der Waals surface area contributed by atoms with Crippen molar-refractivity contribution in [2.75, 3.05) is 0 Å². The highest BCUT2D eigenvalue weighted by Crippen LogP contribution is 2.23. The average molecular weight is 239 g/mol. The normalized spacial score (nSPS) is 27.7. The van der Waals surface area contributed by atoms with Gasteiger partial charge in [0.25, 0.3) is 0 Å². The van der Waals surface area contributed by atoms with Crippen LogP contribution in [0.3, 0.4) is 0 Å². The van der Waals surface area contributed by atoms with Crippen molar-refractivity contribution < 1.29 is 0 Å². The molecule has 3 unspecified atom stereocenters. The smallest absolute Gasteiger partial charge is 0.00697 e. The number of nitrogens with one attached hydrogen (secondary N) is 1. The van der Waals surface area contributed by atoms with E-state index in [1.807, 2.05) is 0 Å². The topological polar surface area (TPSA) is 12.0 Å². The van der Waals surface area contributed by atoms with E-state index in [-0.39, 0.29) is 0 Å². The Morgan fingerprint density at radius 1 is 1.00 bits per heavy atom. The van der Waals surface area contributed by atoms with Crippen LogP contribution in [0.1, 0.15) is 85.0 Å². The van der Waals surface area contributed by atoms with Crippen molar-refractivity contribution in [3.8, 4) is 0 Å². The highest BCUT2D eigenvalue weighted by molar-refractivity contribution is 4.77. The molecule has 0 saturated heterocycles. The van der Waals surface area contributed by atoms with Crippen LogP contribution in [0.5, 0.6) is 0 Å². The molecule has 102 valence electrons. The van der Waals surface area contributed by atoms with Gasteiger partial charge in [-0.2, -0.15) is 0 Å². The Kier molecular flexibility index (Phi) is 7.92. The first kappa shape index (κ1) is 15.0. The monoisotopic (exact) mass is 239 g/mol. The molecule has 0 spiro atoms. The maximum atomic E-state index is 3.95. The second-order valence-electron chi connectivity index (χ2n) is 6.10. The summed E-state index contributed by atoms with van der Waals surface area (Å²) < 4.78 is 0. The Labute approximate surface area is 109 Å². The predicted molar refractivity (Wildman–Crippen MR) is 77.4 cm³/mol. The molecule has 1 aliphatic rings. The van der Waals surface area contributed by atoms with Crippen molar-refractivity contribution >= 4 is 0 Å². The van der Waals surface area contributed by atoms with Gasteiger partial charge in [-0.25, -0.2) is 0 Å². The number of unbranched alkanes of at least 4 members (excludes halogenated alkanes) is 1. The van der Waals surface area contributed by atoms with Gasteiger partial charge in [-0.3, -0.25) is 0 Å². The van der Waals surface area contributed by atoms with Crippen LogP contribution < -0.4 is 5.32 Å². The van der Waals surface area contributed by atoms with Crippen molar-refractivity contribution in [1.82, 2.24) is 5.32 Å². The molecule has 1 rings (SSSR count). The van der Waals surface area contributed by atoms with E-state index in [4.69, 9.17) is 0 Å². The molecule has 0 aromatic carbocycles. The Balaban J connectivity index is 2.31. The summed E-state index contributed by atoms with van der Waals surface area (Å²) in [6.07, 6.45) is 13.9. The molecule has 0 bridgehead atoms. The molecule has 0 aromatic rings. The second-order valence-corrected chi connectivity index (χ2v) is 6.10. The lowest BCUT2D eigenvalue weighted by Crippen LogP contribution is -2.38. The molecule has 0 radical (unpaired) electrons. The van der Waals surface area contributed by atoms with E-state index in [9.17, 15) is 0 Å². The van der Waals surface area contributed by atoms with Crippen LogP contribution in [0, 0.1) is 5.92 Å². The predicted octanol–water partition coefficient (Wildman–Crippen LogP) is 4.90. The minimum absolute atomic E-state index is 0.790. The molecular formula is C16H33N. The minimum atomic E-state index is 0.790. The van der Waals surface area contributed by atoms with Crippen molar-refractivity contribution in [2.45, 2.75) is 97.1 Å². The number of hydrogen-bond acceptors (Lipinski definition) is 1. The van der Waals surface area contributed by atoms with Crippen LogP contribution in [0.4, 0.5) is 0 Å². The Bertz CT molecular complexity index is 176. The summed E-state index contributed by atoms with van der Waals surface area (Å²) in [7, 11) is 0. The molecule has 1 N–H and O–H groups in total. The summed E-state index contributed by atoms with van der Waals surface area (Å²) in [6, 6.07) is 1.60. The third-order valence-electron chi connectivity index (χ3n) is 4.27. The molecule has 3 atom stereocenters. The standard InChI is InChI=1S/C16H33N/c1-4-6-10-15(8-5-2)17-16-11-7-9-14(3)12-13-16/h14-17H,4-13H2,1-3H3. The van der Waals surface area contributed by atoms with Crippen molar-refractivity contribution in [2.24, 2.45) is 5.92 Å². The molecular weight excluding hydrogens is 206 g/mol. The Morgan fingerprint density at radius 2 is 1.82 bits per heavy atom. The summed E-state index contributed by atoms with van der Waals surface area (Å²) in [5.41, 5.74) is 0. The van der Waals surface area contributed by atoms with E-state index in [0.29, 0.717) is 0 Å². The Hall–Kier alpha value is -0.0400. The van der Waals surface area contributed by atoms with Gasteiger partial charge in [0.2, 0.25) is 0 Å². The lowest BCUT2D eigenvalue weighted by atomic mass is 10.0. The minimum Gasteiger partial charge on any atom is -0.311 e. The molecule has 1 nitrogen and oxygen atoms in total. The van der Waals surface area contributed by atoms with E-state index in [1.165, 1.54) is 64.2 Å². The summed E-state index contributed by atoms with van der Waals surface area (Å²) in [5.74, 6) is 0.960. The molecule has 1 saturated carbocycles. The van der Waals surface area contributed by atoms with Gasteiger partial charge in [-0.1, -0.05) is 52.9 Å². The maximum absolute atomic E-state index is 3.95. The molecule has 1 fully saturated rings. The van der Waals surface area contributed by atoms with E-state index in [0.717, 1.165) is 18.0 Å². The van der Waals surface area contributed by atoms with E-state index >= 15 is 0 Å². The Morgan fingerprint density at radius 3 is 2.53 bits per heavy atom. The fourth-order valence-electron chi connectivity index (χ4n) is 3.10. The van der Waals surface area contributed by atoms with Crippen LogP contribution >= 0.6 is 0 Å². The average Bonchev–Trinajstić information content (AvgIpc) is 2.52. The molecule has 0 amide bonds. The molecule has 1 aliphatic carbocycles. The van der Waals surface area contributed by atoms with Gasteiger partial charge >= 0.3 is 0 Å². The van der Waals surface area contributed by atoms with Crippen LogP contribution in [-0.2, 0) is 0 Å². The molecule has 0 aromatic heterocycles. The first-order valence-corrected chi connectivity index (χ1v) is 8.02. The number of rotatable bonds is 7. The fraction of sp³-hybridized carbons (Fsp3) is 1.00. The zero-order valence-corrected chi connectivity index (χ0v) is 12.3. The summed E-state index contributed by atoms with van der Waals surface area (Å²) in [5, 5.41) is 3.95. The highest BCUT2D eigenvalue weighted by Gasteiger charge is 2.18. The van der Waals surface area contributed by atoms with Gasteiger partial charge in [0, 0.05) is 12.1 Å². The van der Waals surface area contributed by atoms with Crippen molar-refractivity contribution in [3.05, 3.63) is 0 Å². The first-order chi connectivity index (χ1) is 8.26. The van der Waals surface area contributed by atoms with Crippen molar-refractivity contribution in [1.29, 1.82) is 0 Å². The zero-order chi connectivity index (χ0) is 12.5. The van der Waals surface area contributed by atoms with E-state index < -0.39 is 0 Å². The lowest BCUT2D eigenvalue weighted by molar-refractivity contribution is 0.352. The molecule has 0 heterocycles. The van der Waals surface area contributed by atoms with Crippen LogP contribution in [0.2, 0.25) is 0 Å². The molecule has 1 heteroatoms. The van der Waals surface area contributed by atoms with Gasteiger partial charge in [-0.15, -0.1) is 0 Å². The van der Waals surface area contributed by atoms with E-state index in [1.54, 1.807) is 0 Å². The first-order valence-electron chi connectivity index (χ1n) is 8.02. The lowest BCUT2D eigenvalue weighted by Gasteiger charge is -2.25. The van der Waals surface area contributed by atoms with Gasteiger partial charge < -0.3 is 5.32 Å². The van der Waals surface area contributed by atoms with Crippen LogP contribution in [0.25, 0.3) is 0 Å². The quantitative estimate of drug-likeness (QED) is 0.623. The fourth-order valence-corrected chi connectivity index (χ4v) is 3.10. The summed E-state index contributed by atoms with van der Waals surface area (Å²) >= 11 is 0. The third kappa shape index (κ3) is 6.45. The highest BCUT2D eigenvalue weighted by atomic mass is 14.9. The second kappa shape index (κ2) is 8.97. The van der Waals surface area contributed by atoms with Gasteiger partial charge in [0.15, 0.2) is 0 Å². The molecule has 17 heavy (non-hydrogen) atoms. The van der Waals surface area contributed by atoms with Gasteiger partial charge in [0.05, 0.1) is 0 Å².